The summed E-state index contributed by atoms with van der Waals surface area (Å²) in [5, 5.41) is 13.1. The lowest BCUT2D eigenvalue weighted by atomic mass is 10.3. The summed E-state index contributed by atoms with van der Waals surface area (Å²) in [6.07, 6.45) is 1.44. The molecule has 0 saturated carbocycles. The van der Waals surface area contributed by atoms with Crippen LogP contribution < -0.4 is 4.74 Å². The van der Waals surface area contributed by atoms with E-state index in [2.05, 4.69) is 6.58 Å². The molecule has 0 saturated heterocycles. The van der Waals surface area contributed by atoms with Crippen LogP contribution in [0, 0.1) is 10.1 Å². The molecule has 0 fully saturated rings. The summed E-state index contributed by atoms with van der Waals surface area (Å²) in [5.74, 6) is 0.217. The van der Waals surface area contributed by atoms with E-state index >= 15 is 0 Å². The zero-order valence-corrected chi connectivity index (χ0v) is 14.5. The molecule has 0 unspecified atom stereocenters. The Hall–Kier alpha value is -2.23. The van der Waals surface area contributed by atoms with E-state index in [4.69, 9.17) is 4.74 Å². The summed E-state index contributed by atoms with van der Waals surface area (Å²) in [7, 11) is -2.71. The van der Waals surface area contributed by atoms with Crippen LogP contribution in [-0.2, 0) is 16.6 Å². The molecular formula is C15H16N2O5S2. The minimum atomic E-state index is -4.07. The van der Waals surface area contributed by atoms with Gasteiger partial charge in [-0.15, -0.1) is 17.9 Å². The molecule has 0 spiro atoms. The first-order valence-corrected chi connectivity index (χ1v) is 9.18. The van der Waals surface area contributed by atoms with Gasteiger partial charge in [0.25, 0.3) is 15.7 Å². The molecule has 0 amide bonds. The van der Waals surface area contributed by atoms with Gasteiger partial charge in [0.1, 0.15) is 5.75 Å². The molecule has 9 heteroatoms. The van der Waals surface area contributed by atoms with Crippen LogP contribution in [-0.4, -0.2) is 31.3 Å². The normalized spacial score (nSPS) is 11.4. The maximum atomic E-state index is 12.9. The second kappa shape index (κ2) is 7.56. The van der Waals surface area contributed by atoms with Crippen LogP contribution in [0.25, 0.3) is 0 Å². The van der Waals surface area contributed by atoms with E-state index in [1.807, 2.05) is 11.4 Å². The van der Waals surface area contributed by atoms with Gasteiger partial charge < -0.3 is 4.74 Å². The Morgan fingerprint density at radius 1 is 1.42 bits per heavy atom. The van der Waals surface area contributed by atoms with Gasteiger partial charge in [-0.05, 0) is 23.6 Å². The molecule has 0 bridgehead atoms. The highest BCUT2D eigenvalue weighted by atomic mass is 32.2. The van der Waals surface area contributed by atoms with Crippen LogP contribution in [0.4, 0.5) is 5.69 Å². The standard InChI is InChI=1S/C15H16N2O5S2/c1-3-8-16(11-13-5-4-9-23-13)24(20,21)15-7-6-12(22-2)10-14(15)17(18)19/h3-7,9-10H,1,8,11H2,2H3. The fourth-order valence-electron chi connectivity index (χ4n) is 2.09. The molecular weight excluding hydrogens is 352 g/mol. The van der Waals surface area contributed by atoms with Gasteiger partial charge in [0.15, 0.2) is 4.90 Å². The highest BCUT2D eigenvalue weighted by molar-refractivity contribution is 7.89. The van der Waals surface area contributed by atoms with Crippen LogP contribution >= 0.6 is 11.3 Å². The number of nitro groups is 1. The molecule has 7 nitrogen and oxygen atoms in total. The lowest BCUT2D eigenvalue weighted by molar-refractivity contribution is -0.387. The summed E-state index contributed by atoms with van der Waals surface area (Å²) < 4.78 is 31.9. The fraction of sp³-hybridized carbons (Fsp3) is 0.200. The summed E-state index contributed by atoms with van der Waals surface area (Å²) in [5.41, 5.74) is -0.519. The Kier molecular flexibility index (Phi) is 5.71. The first kappa shape index (κ1) is 18.1. The molecule has 2 rings (SSSR count). The Labute approximate surface area is 144 Å². The molecule has 1 aromatic heterocycles. The summed E-state index contributed by atoms with van der Waals surface area (Å²) in [6, 6.07) is 7.30. The number of rotatable bonds is 8. The third-order valence-electron chi connectivity index (χ3n) is 3.23. The lowest BCUT2D eigenvalue weighted by Gasteiger charge is -2.20. The molecule has 128 valence electrons. The quantitative estimate of drug-likeness (QED) is 0.406. The molecule has 1 aromatic carbocycles. The molecule has 0 radical (unpaired) electrons. The van der Waals surface area contributed by atoms with Crippen molar-refractivity contribution >= 4 is 27.0 Å². The van der Waals surface area contributed by atoms with Gasteiger partial charge in [-0.25, -0.2) is 8.42 Å². The summed E-state index contributed by atoms with van der Waals surface area (Å²) >= 11 is 1.41. The van der Waals surface area contributed by atoms with E-state index in [1.165, 1.54) is 36.7 Å². The molecule has 0 atom stereocenters. The van der Waals surface area contributed by atoms with Gasteiger partial charge in [-0.2, -0.15) is 4.31 Å². The minimum Gasteiger partial charge on any atom is -0.497 e. The van der Waals surface area contributed by atoms with Crippen LogP contribution in [0.5, 0.6) is 5.75 Å². The molecule has 0 N–H and O–H groups in total. The first-order chi connectivity index (χ1) is 11.4. The van der Waals surface area contributed by atoms with E-state index in [1.54, 1.807) is 6.07 Å². The van der Waals surface area contributed by atoms with Gasteiger partial charge in [0.2, 0.25) is 0 Å². The first-order valence-electron chi connectivity index (χ1n) is 6.86. The van der Waals surface area contributed by atoms with Gasteiger partial charge in [-0.1, -0.05) is 12.1 Å². The van der Waals surface area contributed by atoms with Crippen molar-refractivity contribution in [3.63, 3.8) is 0 Å². The highest BCUT2D eigenvalue weighted by Crippen LogP contribution is 2.31. The van der Waals surface area contributed by atoms with Gasteiger partial charge >= 0.3 is 0 Å². The smallest absolute Gasteiger partial charge is 0.293 e. The third kappa shape index (κ3) is 3.81. The van der Waals surface area contributed by atoms with Crippen LogP contribution in [0.1, 0.15) is 4.88 Å². The minimum absolute atomic E-state index is 0.0451. The van der Waals surface area contributed by atoms with Crippen LogP contribution in [0.15, 0.2) is 53.3 Å². The van der Waals surface area contributed by atoms with Crippen molar-refractivity contribution in [2.45, 2.75) is 11.4 Å². The number of hydrogen-bond acceptors (Lipinski definition) is 6. The number of ether oxygens (including phenoxy) is 1. The van der Waals surface area contributed by atoms with Crippen molar-refractivity contribution in [3.8, 4) is 5.75 Å². The monoisotopic (exact) mass is 368 g/mol. The van der Waals surface area contributed by atoms with E-state index in [0.29, 0.717) is 0 Å². The SMILES string of the molecule is C=CCN(Cc1cccs1)S(=O)(=O)c1ccc(OC)cc1[N+](=O)[O-]. The average molecular weight is 368 g/mol. The number of nitrogens with zero attached hydrogens (tertiary/aromatic N) is 2. The van der Waals surface area contributed by atoms with Gasteiger partial charge in [-0.3, -0.25) is 10.1 Å². The van der Waals surface area contributed by atoms with Crippen molar-refractivity contribution in [1.82, 2.24) is 4.31 Å². The molecule has 0 aliphatic carbocycles. The van der Waals surface area contributed by atoms with Crippen LogP contribution in [0.2, 0.25) is 0 Å². The number of hydrogen-bond donors (Lipinski definition) is 0. The number of nitro benzene ring substituents is 1. The second-order valence-electron chi connectivity index (χ2n) is 4.76. The van der Waals surface area contributed by atoms with Gasteiger partial charge in [0.05, 0.1) is 18.1 Å². The highest BCUT2D eigenvalue weighted by Gasteiger charge is 2.31. The van der Waals surface area contributed by atoms with E-state index < -0.39 is 20.6 Å². The van der Waals surface area contributed by atoms with Crippen LogP contribution in [0.3, 0.4) is 0 Å². The van der Waals surface area contributed by atoms with Crippen molar-refractivity contribution in [2.75, 3.05) is 13.7 Å². The summed E-state index contributed by atoms with van der Waals surface area (Å²) in [6.45, 7) is 3.73. The number of methoxy groups -OCH3 is 1. The summed E-state index contributed by atoms with van der Waals surface area (Å²) in [4.78, 5) is 11.0. The van der Waals surface area contributed by atoms with Crippen molar-refractivity contribution in [3.05, 3.63) is 63.4 Å². The number of sulfonamides is 1. The fourth-order valence-corrected chi connectivity index (χ4v) is 4.42. The third-order valence-corrected chi connectivity index (χ3v) is 5.95. The zero-order valence-electron chi connectivity index (χ0n) is 12.9. The predicted molar refractivity (Wildman–Crippen MR) is 91.8 cm³/mol. The molecule has 0 aliphatic heterocycles. The van der Waals surface area contributed by atoms with E-state index in [-0.39, 0.29) is 23.7 Å². The Morgan fingerprint density at radius 2 is 2.17 bits per heavy atom. The Balaban J connectivity index is 2.50. The molecule has 0 aliphatic rings. The van der Waals surface area contributed by atoms with E-state index in [0.717, 1.165) is 15.2 Å². The largest absolute Gasteiger partial charge is 0.497 e. The number of benzene rings is 1. The Bertz CT molecular complexity index is 832. The topological polar surface area (TPSA) is 89.8 Å². The maximum Gasteiger partial charge on any atom is 0.293 e. The maximum absolute atomic E-state index is 12.9. The van der Waals surface area contributed by atoms with Crippen molar-refractivity contribution in [1.29, 1.82) is 0 Å². The molecule has 2 aromatic rings. The average Bonchev–Trinajstić information content (AvgIpc) is 3.06. The zero-order chi connectivity index (χ0) is 17.7. The van der Waals surface area contributed by atoms with E-state index in [9.17, 15) is 18.5 Å². The van der Waals surface area contributed by atoms with Crippen molar-refractivity contribution < 1.29 is 18.1 Å². The lowest BCUT2D eigenvalue weighted by Crippen LogP contribution is -2.31. The Morgan fingerprint density at radius 3 is 2.71 bits per heavy atom. The molecule has 1 heterocycles. The predicted octanol–water partition coefficient (Wildman–Crippen LogP) is 3.04. The van der Waals surface area contributed by atoms with Gasteiger partial charge in [0, 0.05) is 18.0 Å². The second-order valence-corrected chi connectivity index (χ2v) is 7.69. The number of thiophene rings is 1. The molecule has 24 heavy (non-hydrogen) atoms. The van der Waals surface area contributed by atoms with Crippen molar-refractivity contribution in [2.24, 2.45) is 0 Å².